The number of hydrogen-bond acceptors (Lipinski definition) is 3. The Balaban J connectivity index is 2.26. The number of benzene rings is 1. The van der Waals surface area contributed by atoms with Crippen LogP contribution in [0, 0.1) is 11.6 Å². The maximum Gasteiger partial charge on any atom is 0.258 e. The molecular weight excluding hydrogens is 270 g/mol. The molecule has 2 aromatic rings. The predicted molar refractivity (Wildman–Crippen MR) is 70.3 cm³/mol. The lowest BCUT2D eigenvalue weighted by Gasteiger charge is -2.08. The van der Waals surface area contributed by atoms with E-state index >= 15 is 0 Å². The monoisotopic (exact) mass is 280 g/mol. The van der Waals surface area contributed by atoms with Crippen LogP contribution in [0.4, 0.5) is 14.5 Å². The molecule has 19 heavy (non-hydrogen) atoms. The lowest BCUT2D eigenvalue weighted by atomic mass is 10.2. The normalized spacial score (nSPS) is 10.3. The minimum atomic E-state index is -0.817. The Labute approximate surface area is 113 Å². The molecular formula is C13H10F2N2OS. The van der Waals surface area contributed by atoms with Crippen LogP contribution in [0.1, 0.15) is 10.4 Å². The van der Waals surface area contributed by atoms with E-state index in [0.29, 0.717) is 16.7 Å². The van der Waals surface area contributed by atoms with Crippen molar-refractivity contribution in [1.29, 1.82) is 0 Å². The maximum atomic E-state index is 13.4. The van der Waals surface area contributed by atoms with Crippen molar-refractivity contribution in [3.05, 3.63) is 53.7 Å². The zero-order valence-electron chi connectivity index (χ0n) is 9.98. The summed E-state index contributed by atoms with van der Waals surface area (Å²) < 4.78 is 26.2. The first-order valence-electron chi connectivity index (χ1n) is 5.37. The average Bonchev–Trinajstić information content (AvgIpc) is 2.41. The molecule has 0 atom stereocenters. The SMILES string of the molecule is CSc1ncccc1C(=O)Nc1ccc(F)cc1F. The van der Waals surface area contributed by atoms with Crippen LogP contribution in [0.2, 0.25) is 0 Å². The molecule has 6 heteroatoms. The summed E-state index contributed by atoms with van der Waals surface area (Å²) in [6.45, 7) is 0. The molecule has 3 nitrogen and oxygen atoms in total. The summed E-state index contributed by atoms with van der Waals surface area (Å²) in [5, 5.41) is 2.94. The molecule has 0 saturated carbocycles. The van der Waals surface area contributed by atoms with Crippen molar-refractivity contribution in [2.45, 2.75) is 5.03 Å². The van der Waals surface area contributed by atoms with Crippen molar-refractivity contribution in [3.63, 3.8) is 0 Å². The molecule has 0 fully saturated rings. The van der Waals surface area contributed by atoms with Crippen molar-refractivity contribution in [2.24, 2.45) is 0 Å². The number of carbonyl (C=O) groups excluding carboxylic acids is 1. The first-order valence-corrected chi connectivity index (χ1v) is 6.59. The third-order valence-corrected chi connectivity index (χ3v) is 3.10. The minimum Gasteiger partial charge on any atom is -0.319 e. The van der Waals surface area contributed by atoms with Crippen molar-refractivity contribution >= 4 is 23.4 Å². The summed E-state index contributed by atoms with van der Waals surface area (Å²) in [5.74, 6) is -1.99. The molecule has 0 aliphatic carbocycles. The quantitative estimate of drug-likeness (QED) is 0.877. The van der Waals surface area contributed by atoms with Crippen LogP contribution >= 0.6 is 11.8 Å². The van der Waals surface area contributed by atoms with Gasteiger partial charge in [-0.2, -0.15) is 0 Å². The second kappa shape index (κ2) is 5.79. The van der Waals surface area contributed by atoms with Gasteiger partial charge < -0.3 is 5.32 Å². The van der Waals surface area contributed by atoms with Crippen molar-refractivity contribution in [1.82, 2.24) is 4.98 Å². The number of aromatic nitrogens is 1. The molecule has 1 aromatic heterocycles. The number of rotatable bonds is 3. The lowest BCUT2D eigenvalue weighted by molar-refractivity contribution is 0.102. The molecule has 1 amide bonds. The van der Waals surface area contributed by atoms with Gasteiger partial charge in [0.05, 0.1) is 11.3 Å². The van der Waals surface area contributed by atoms with E-state index in [9.17, 15) is 13.6 Å². The molecule has 0 bridgehead atoms. The first-order chi connectivity index (χ1) is 9.11. The number of hydrogen-bond donors (Lipinski definition) is 1. The van der Waals surface area contributed by atoms with Gasteiger partial charge in [-0.25, -0.2) is 13.8 Å². The molecule has 0 spiro atoms. The van der Waals surface area contributed by atoms with Crippen molar-refractivity contribution in [3.8, 4) is 0 Å². The number of carbonyl (C=O) groups is 1. The van der Waals surface area contributed by atoms with Crippen LogP contribution in [-0.4, -0.2) is 17.1 Å². The van der Waals surface area contributed by atoms with Gasteiger partial charge in [-0.05, 0) is 30.5 Å². The zero-order valence-corrected chi connectivity index (χ0v) is 10.8. The Morgan fingerprint density at radius 3 is 2.79 bits per heavy atom. The molecule has 1 heterocycles. The number of nitrogens with zero attached hydrogens (tertiary/aromatic N) is 1. The Kier molecular flexibility index (Phi) is 4.11. The van der Waals surface area contributed by atoms with Gasteiger partial charge in [0, 0.05) is 12.3 Å². The molecule has 98 valence electrons. The summed E-state index contributed by atoms with van der Waals surface area (Å²) in [5.41, 5.74) is 0.279. The number of pyridine rings is 1. The number of nitrogens with one attached hydrogen (secondary N) is 1. The minimum absolute atomic E-state index is 0.0673. The number of anilines is 1. The van der Waals surface area contributed by atoms with Gasteiger partial charge >= 0.3 is 0 Å². The second-order valence-electron chi connectivity index (χ2n) is 3.64. The molecule has 0 unspecified atom stereocenters. The summed E-state index contributed by atoms with van der Waals surface area (Å²) in [6, 6.07) is 6.19. The Morgan fingerprint density at radius 1 is 1.32 bits per heavy atom. The van der Waals surface area contributed by atoms with Crippen LogP contribution in [0.5, 0.6) is 0 Å². The largest absolute Gasteiger partial charge is 0.319 e. The van der Waals surface area contributed by atoms with E-state index in [4.69, 9.17) is 0 Å². The van der Waals surface area contributed by atoms with Crippen LogP contribution in [0.25, 0.3) is 0 Å². The molecule has 0 saturated heterocycles. The van der Waals surface area contributed by atoms with E-state index in [1.54, 1.807) is 24.6 Å². The van der Waals surface area contributed by atoms with Gasteiger partial charge in [-0.1, -0.05) is 0 Å². The number of halogens is 2. The van der Waals surface area contributed by atoms with Gasteiger partial charge in [0.1, 0.15) is 16.7 Å². The third-order valence-electron chi connectivity index (χ3n) is 2.39. The Hall–Kier alpha value is -1.95. The van der Waals surface area contributed by atoms with Gasteiger partial charge in [-0.15, -0.1) is 11.8 Å². The fraction of sp³-hybridized carbons (Fsp3) is 0.0769. The predicted octanol–water partition coefficient (Wildman–Crippen LogP) is 3.33. The van der Waals surface area contributed by atoms with Crippen LogP contribution in [0.15, 0.2) is 41.6 Å². The van der Waals surface area contributed by atoms with Gasteiger partial charge in [0.2, 0.25) is 0 Å². The molecule has 2 rings (SSSR count). The molecule has 0 radical (unpaired) electrons. The summed E-state index contributed by atoms with van der Waals surface area (Å²) in [7, 11) is 0. The number of amides is 1. The highest BCUT2D eigenvalue weighted by atomic mass is 32.2. The second-order valence-corrected chi connectivity index (χ2v) is 4.43. The molecule has 1 N–H and O–H groups in total. The first kappa shape index (κ1) is 13.5. The van der Waals surface area contributed by atoms with Crippen LogP contribution < -0.4 is 5.32 Å². The molecule has 0 aliphatic heterocycles. The Bertz CT molecular complexity index is 619. The average molecular weight is 280 g/mol. The lowest BCUT2D eigenvalue weighted by Crippen LogP contribution is -2.14. The van der Waals surface area contributed by atoms with Gasteiger partial charge in [-0.3, -0.25) is 4.79 Å². The summed E-state index contributed by atoms with van der Waals surface area (Å²) >= 11 is 1.32. The summed E-state index contributed by atoms with van der Waals surface area (Å²) in [4.78, 5) is 16.1. The van der Waals surface area contributed by atoms with E-state index in [1.807, 2.05) is 0 Å². The van der Waals surface area contributed by atoms with E-state index in [2.05, 4.69) is 10.3 Å². The third kappa shape index (κ3) is 3.08. The van der Waals surface area contributed by atoms with E-state index in [1.165, 1.54) is 17.8 Å². The molecule has 0 aliphatic rings. The molecule has 1 aromatic carbocycles. The smallest absolute Gasteiger partial charge is 0.258 e. The topological polar surface area (TPSA) is 42.0 Å². The highest BCUT2D eigenvalue weighted by molar-refractivity contribution is 7.98. The van der Waals surface area contributed by atoms with Crippen molar-refractivity contribution in [2.75, 3.05) is 11.6 Å². The van der Waals surface area contributed by atoms with E-state index < -0.39 is 17.5 Å². The van der Waals surface area contributed by atoms with Crippen LogP contribution in [-0.2, 0) is 0 Å². The van der Waals surface area contributed by atoms with Gasteiger partial charge in [0.25, 0.3) is 5.91 Å². The fourth-order valence-electron chi connectivity index (χ4n) is 1.51. The standard InChI is InChI=1S/C13H10F2N2OS/c1-19-13-9(3-2-6-16-13)12(18)17-11-5-4-8(14)7-10(11)15/h2-7H,1H3,(H,17,18). The van der Waals surface area contributed by atoms with Gasteiger partial charge in [0.15, 0.2) is 0 Å². The highest BCUT2D eigenvalue weighted by Crippen LogP contribution is 2.20. The highest BCUT2D eigenvalue weighted by Gasteiger charge is 2.13. The Morgan fingerprint density at radius 2 is 2.11 bits per heavy atom. The fourth-order valence-corrected chi connectivity index (χ4v) is 2.05. The van der Waals surface area contributed by atoms with E-state index in [0.717, 1.165) is 6.07 Å². The van der Waals surface area contributed by atoms with Crippen LogP contribution in [0.3, 0.4) is 0 Å². The number of thioether (sulfide) groups is 1. The summed E-state index contributed by atoms with van der Waals surface area (Å²) in [6.07, 6.45) is 3.36. The van der Waals surface area contributed by atoms with Crippen molar-refractivity contribution < 1.29 is 13.6 Å². The zero-order chi connectivity index (χ0) is 13.8. The van der Waals surface area contributed by atoms with E-state index in [-0.39, 0.29) is 5.69 Å². The maximum absolute atomic E-state index is 13.4.